The summed E-state index contributed by atoms with van der Waals surface area (Å²) in [7, 11) is 0. The van der Waals surface area contributed by atoms with Crippen molar-refractivity contribution in [2.75, 3.05) is 24.1 Å². The number of rotatable bonds is 8. The predicted octanol–water partition coefficient (Wildman–Crippen LogP) is 10.6. The Bertz CT molecular complexity index is 2290. The van der Waals surface area contributed by atoms with E-state index >= 15 is 0 Å². The van der Waals surface area contributed by atoms with Crippen molar-refractivity contribution in [3.8, 4) is 0 Å². The Labute approximate surface area is 392 Å². The molecule has 1 amide bonds. The van der Waals surface area contributed by atoms with E-state index < -0.39 is 0 Å². The third-order valence-electron chi connectivity index (χ3n) is 16.7. The molecule has 0 saturated heterocycles. The number of benzene rings is 2. The lowest BCUT2D eigenvalue weighted by Crippen LogP contribution is -2.55. The standard InChI is InChI=1S/C28H36N4O.C14H16N4.C11H15ClO.CH4/c1-26-10-21-11-27(2,16-26)18-28(12-21,17-26)13-24(33)31-25-22-8-9-32(15-23(22)29-19-30-25)14-20-6-4-3-5-7-20;15-14-12-6-7-18(9-13(12)16-10-17-14)8-11-4-2-1-3-5-11;12-10(13)11-4-7-1-8(5-11)3-9(2-7)6-11;/h3-7,19,21H,8-18H2,1-2H3,(H,29,30,31,33);1-5,10H,6-9H2,(H2,15,16,17);7-9H,1-6H2;1H4. The number of halogens is 1. The van der Waals surface area contributed by atoms with Gasteiger partial charge in [0.05, 0.1) is 11.4 Å². The van der Waals surface area contributed by atoms with Gasteiger partial charge in [0.2, 0.25) is 11.1 Å². The van der Waals surface area contributed by atoms with Gasteiger partial charge >= 0.3 is 0 Å². The number of hydrogen-bond acceptors (Lipinski definition) is 9. The maximum Gasteiger partial charge on any atom is 0.227 e. The molecule has 0 spiro atoms. The zero-order valence-corrected chi connectivity index (χ0v) is 38.8. The summed E-state index contributed by atoms with van der Waals surface area (Å²) in [5, 5.41) is 3.19. The summed E-state index contributed by atoms with van der Waals surface area (Å²) in [6.07, 6.45) is 20.8. The number of fused-ring (bicyclic) bond motifs is 2. The summed E-state index contributed by atoms with van der Waals surface area (Å²) < 4.78 is 0. The number of nitrogens with zero attached hydrogens (tertiary/aromatic N) is 6. The number of aromatic nitrogens is 4. The number of nitrogen functional groups attached to an aromatic ring is 1. The maximum absolute atomic E-state index is 13.3. The SMILES string of the molecule is C.CC12CC3CC(C)(C1)CC(CC(=O)Nc1ncnc4c1CCN(Cc1ccccc1)C4)(C3)C2.Nc1ncnc2c1CCN(Cc1ccccc1)C2.O=C(Cl)C12CC3CC(CC(C3)C1)C2. The van der Waals surface area contributed by atoms with Gasteiger partial charge in [0.15, 0.2) is 0 Å². The molecule has 11 heteroatoms. The van der Waals surface area contributed by atoms with Crippen LogP contribution in [0, 0.1) is 45.3 Å². The van der Waals surface area contributed by atoms with Crippen molar-refractivity contribution < 1.29 is 9.59 Å². The fraction of sp³-hybridized carbons (Fsp3) is 0.593. The lowest BCUT2D eigenvalue weighted by atomic mass is 9.40. The van der Waals surface area contributed by atoms with Gasteiger partial charge in [0.1, 0.15) is 24.3 Å². The van der Waals surface area contributed by atoms with Gasteiger partial charge in [-0.05, 0) is 153 Å². The summed E-state index contributed by atoms with van der Waals surface area (Å²) in [6.45, 7) is 10.5. The molecule has 8 saturated carbocycles. The Morgan fingerprint density at radius 3 is 1.71 bits per heavy atom. The molecule has 8 aliphatic carbocycles. The monoisotopic (exact) mass is 899 g/mol. The third-order valence-corrected chi connectivity index (χ3v) is 17.1. The van der Waals surface area contributed by atoms with Gasteiger partial charge in [-0.2, -0.15) is 0 Å². The molecule has 2 aliphatic heterocycles. The zero-order chi connectivity index (χ0) is 44.1. The molecule has 8 bridgehead atoms. The van der Waals surface area contributed by atoms with Crippen molar-refractivity contribution >= 4 is 34.4 Å². The van der Waals surface area contributed by atoms with E-state index in [1.165, 1.54) is 68.9 Å². The van der Waals surface area contributed by atoms with E-state index in [-0.39, 0.29) is 29.4 Å². The van der Waals surface area contributed by atoms with E-state index in [0.29, 0.717) is 23.1 Å². The molecule has 14 rings (SSSR count). The summed E-state index contributed by atoms with van der Waals surface area (Å²) in [5.41, 5.74) is 13.9. The van der Waals surface area contributed by atoms with Gasteiger partial charge in [-0.15, -0.1) is 0 Å². The molecule has 10 aliphatic rings. The highest BCUT2D eigenvalue weighted by Gasteiger charge is 2.60. The van der Waals surface area contributed by atoms with E-state index in [9.17, 15) is 9.59 Å². The minimum atomic E-state index is -0.0731. The van der Waals surface area contributed by atoms with Crippen molar-refractivity contribution in [3.05, 3.63) is 107 Å². The molecule has 3 N–H and O–H groups in total. The number of nitrogens with one attached hydrogen (secondary N) is 1. The first-order valence-corrected chi connectivity index (χ1v) is 24.6. The van der Waals surface area contributed by atoms with Crippen molar-refractivity contribution in [1.29, 1.82) is 0 Å². The van der Waals surface area contributed by atoms with Crippen LogP contribution in [0.1, 0.15) is 138 Å². The van der Waals surface area contributed by atoms with Crippen LogP contribution in [-0.4, -0.2) is 54.0 Å². The van der Waals surface area contributed by atoms with Crippen LogP contribution in [0.4, 0.5) is 11.6 Å². The molecule has 65 heavy (non-hydrogen) atoms. The second-order valence-electron chi connectivity index (χ2n) is 22.6. The summed E-state index contributed by atoms with van der Waals surface area (Å²) in [6, 6.07) is 21.1. The van der Waals surface area contributed by atoms with Crippen molar-refractivity contribution in [2.45, 2.75) is 144 Å². The molecular formula is C54H71ClN8O2. The van der Waals surface area contributed by atoms with Crippen LogP contribution >= 0.6 is 11.6 Å². The zero-order valence-electron chi connectivity index (χ0n) is 38.0. The highest BCUT2D eigenvalue weighted by Crippen LogP contribution is 2.70. The highest BCUT2D eigenvalue weighted by molar-refractivity contribution is 6.64. The number of anilines is 2. The van der Waals surface area contributed by atoms with Crippen molar-refractivity contribution in [2.24, 2.45) is 45.3 Å². The molecule has 10 nitrogen and oxygen atoms in total. The lowest BCUT2D eigenvalue weighted by Gasteiger charge is -2.65. The molecule has 0 radical (unpaired) electrons. The molecule has 2 aromatic carbocycles. The molecule has 4 heterocycles. The largest absolute Gasteiger partial charge is 0.383 e. The summed E-state index contributed by atoms with van der Waals surface area (Å²) in [4.78, 5) is 47.1. The van der Waals surface area contributed by atoms with Gasteiger partial charge in [-0.3, -0.25) is 19.4 Å². The van der Waals surface area contributed by atoms with E-state index in [2.05, 4.69) is 103 Å². The van der Waals surface area contributed by atoms with E-state index in [4.69, 9.17) is 17.3 Å². The second kappa shape index (κ2) is 18.4. The first kappa shape index (κ1) is 45.9. The Hall–Kier alpha value is -4.25. The van der Waals surface area contributed by atoms with Gasteiger partial charge in [0, 0.05) is 62.2 Å². The van der Waals surface area contributed by atoms with Crippen LogP contribution in [0.2, 0.25) is 0 Å². The number of nitrogens with two attached hydrogens (primary N) is 1. The molecule has 2 atom stereocenters. The Morgan fingerprint density at radius 1 is 0.677 bits per heavy atom. The second-order valence-corrected chi connectivity index (χ2v) is 22.9. The number of carbonyl (C=O) groups is 2. The average molecular weight is 900 g/mol. The molecule has 2 unspecified atom stereocenters. The van der Waals surface area contributed by atoms with E-state index in [0.717, 1.165) is 123 Å². The quantitative estimate of drug-likeness (QED) is 0.166. The van der Waals surface area contributed by atoms with Gasteiger partial charge in [-0.1, -0.05) is 81.9 Å². The fourth-order valence-electron chi connectivity index (χ4n) is 15.7. The van der Waals surface area contributed by atoms with Gasteiger partial charge in [0.25, 0.3) is 0 Å². The molecule has 2 aromatic heterocycles. The van der Waals surface area contributed by atoms with Crippen molar-refractivity contribution in [3.63, 3.8) is 0 Å². The normalized spacial score (nSPS) is 32.4. The third kappa shape index (κ3) is 10.1. The minimum Gasteiger partial charge on any atom is -0.383 e. The molecular weight excluding hydrogens is 828 g/mol. The van der Waals surface area contributed by atoms with Crippen LogP contribution in [-0.2, 0) is 48.6 Å². The van der Waals surface area contributed by atoms with Crippen LogP contribution in [0.15, 0.2) is 73.3 Å². The van der Waals surface area contributed by atoms with Crippen LogP contribution < -0.4 is 11.1 Å². The van der Waals surface area contributed by atoms with Gasteiger partial charge < -0.3 is 11.1 Å². The van der Waals surface area contributed by atoms with Gasteiger partial charge in [-0.25, -0.2) is 19.9 Å². The first-order chi connectivity index (χ1) is 30.8. The smallest absolute Gasteiger partial charge is 0.227 e. The Balaban J connectivity index is 0.000000139. The van der Waals surface area contributed by atoms with Crippen LogP contribution in [0.25, 0.3) is 0 Å². The average Bonchev–Trinajstić information content (AvgIpc) is 3.23. The summed E-state index contributed by atoms with van der Waals surface area (Å²) >= 11 is 5.76. The molecule has 8 fully saturated rings. The highest BCUT2D eigenvalue weighted by atomic mass is 35.5. The minimum absolute atomic E-state index is 0. The fourth-order valence-corrected chi connectivity index (χ4v) is 15.9. The van der Waals surface area contributed by atoms with E-state index in [1.807, 2.05) is 6.07 Å². The Morgan fingerprint density at radius 2 is 1.18 bits per heavy atom. The van der Waals surface area contributed by atoms with Crippen LogP contribution in [0.3, 0.4) is 0 Å². The first-order valence-electron chi connectivity index (χ1n) is 24.3. The predicted molar refractivity (Wildman–Crippen MR) is 258 cm³/mol. The number of carbonyl (C=O) groups excluding carboxylic acids is 2. The van der Waals surface area contributed by atoms with E-state index in [1.54, 1.807) is 12.7 Å². The number of amides is 1. The van der Waals surface area contributed by atoms with Crippen molar-refractivity contribution in [1.82, 2.24) is 29.7 Å². The van der Waals surface area contributed by atoms with Crippen LogP contribution in [0.5, 0.6) is 0 Å². The topological polar surface area (TPSA) is 130 Å². The molecule has 4 aromatic rings. The maximum atomic E-state index is 13.3. The number of hydrogen-bond donors (Lipinski definition) is 2. The lowest BCUT2D eigenvalue weighted by molar-refractivity contribution is -0.153. The molecule has 346 valence electrons. The Kier molecular flexibility index (Phi) is 13.0. The summed E-state index contributed by atoms with van der Waals surface area (Å²) in [5.74, 6) is 4.82.